The van der Waals surface area contributed by atoms with E-state index in [0.717, 1.165) is 22.5 Å². The second kappa shape index (κ2) is 5.67. The summed E-state index contributed by atoms with van der Waals surface area (Å²) >= 11 is 1.52. The van der Waals surface area contributed by atoms with Crippen LogP contribution in [0.2, 0.25) is 0 Å². The molecule has 0 spiro atoms. The van der Waals surface area contributed by atoms with Crippen molar-refractivity contribution in [1.29, 1.82) is 0 Å². The van der Waals surface area contributed by atoms with Gasteiger partial charge in [-0.25, -0.2) is 4.98 Å². The van der Waals surface area contributed by atoms with Crippen molar-refractivity contribution in [3.8, 4) is 17.0 Å². The van der Waals surface area contributed by atoms with Crippen molar-refractivity contribution < 1.29 is 14.3 Å². The van der Waals surface area contributed by atoms with Crippen molar-refractivity contribution in [2.45, 2.75) is 26.2 Å². The molecule has 0 N–H and O–H groups in total. The summed E-state index contributed by atoms with van der Waals surface area (Å²) in [4.78, 5) is 30.9. The van der Waals surface area contributed by atoms with Crippen LogP contribution in [-0.2, 0) is 10.2 Å². The molecule has 0 fully saturated rings. The highest BCUT2D eigenvalue weighted by molar-refractivity contribution is 7.15. The summed E-state index contributed by atoms with van der Waals surface area (Å²) in [6.07, 6.45) is 0.849. The van der Waals surface area contributed by atoms with Gasteiger partial charge in [-0.05, 0) is 18.2 Å². The van der Waals surface area contributed by atoms with Gasteiger partial charge in [0.2, 0.25) is 0 Å². The van der Waals surface area contributed by atoms with E-state index in [0.29, 0.717) is 22.8 Å². The fourth-order valence-electron chi connectivity index (χ4n) is 3.14. The van der Waals surface area contributed by atoms with Crippen LogP contribution in [0.25, 0.3) is 16.2 Å². The van der Waals surface area contributed by atoms with Crippen molar-refractivity contribution >= 4 is 34.2 Å². The standard InChI is InChI=1S/C19H19N3O3S/c1-19(2,3)15-10-26-18-20-17(13(8-23)22(15)18)11-5-6-14-12(7-11)21(4)16(24)9-25-14/h5-8,10H,9H2,1-4H3. The summed E-state index contributed by atoms with van der Waals surface area (Å²) in [5.41, 5.74) is 3.55. The van der Waals surface area contributed by atoms with Gasteiger partial charge in [0, 0.05) is 29.1 Å². The number of hydrogen-bond acceptors (Lipinski definition) is 5. The van der Waals surface area contributed by atoms with E-state index in [1.54, 1.807) is 11.9 Å². The molecule has 6 nitrogen and oxygen atoms in total. The van der Waals surface area contributed by atoms with Gasteiger partial charge in [0.05, 0.1) is 5.69 Å². The van der Waals surface area contributed by atoms with Crippen LogP contribution in [-0.4, -0.2) is 35.2 Å². The lowest BCUT2D eigenvalue weighted by atomic mass is 9.93. The number of ether oxygens (including phenoxy) is 1. The molecule has 134 valence electrons. The molecule has 4 rings (SSSR count). The van der Waals surface area contributed by atoms with E-state index in [4.69, 9.17) is 4.74 Å². The first-order valence-corrected chi connectivity index (χ1v) is 9.18. The number of likely N-dealkylation sites (N-methyl/N-ethyl adjacent to an activating group) is 1. The normalized spacial score (nSPS) is 14.5. The minimum absolute atomic E-state index is 0.0393. The van der Waals surface area contributed by atoms with Crippen LogP contribution in [0.5, 0.6) is 5.75 Å². The molecule has 0 aliphatic carbocycles. The molecular weight excluding hydrogens is 350 g/mol. The molecule has 0 saturated carbocycles. The zero-order valence-electron chi connectivity index (χ0n) is 15.1. The van der Waals surface area contributed by atoms with Gasteiger partial charge < -0.3 is 9.64 Å². The fourth-order valence-corrected chi connectivity index (χ4v) is 4.26. The number of hydrogen-bond donors (Lipinski definition) is 0. The van der Waals surface area contributed by atoms with Gasteiger partial charge in [-0.15, -0.1) is 11.3 Å². The Bertz CT molecular complexity index is 1040. The molecule has 0 atom stereocenters. The molecule has 3 heterocycles. The smallest absolute Gasteiger partial charge is 0.264 e. The van der Waals surface area contributed by atoms with Gasteiger partial charge in [0.1, 0.15) is 17.1 Å². The molecule has 0 saturated heterocycles. The number of benzene rings is 1. The minimum atomic E-state index is -0.107. The van der Waals surface area contributed by atoms with E-state index >= 15 is 0 Å². The summed E-state index contributed by atoms with van der Waals surface area (Å²) in [6.45, 7) is 6.37. The Balaban J connectivity index is 1.92. The minimum Gasteiger partial charge on any atom is -0.482 e. The lowest BCUT2D eigenvalue weighted by Crippen LogP contribution is -2.35. The molecule has 1 amide bonds. The molecule has 0 radical (unpaired) electrons. The SMILES string of the molecule is CN1C(=O)COc2ccc(-c3nc4scc(C(C)(C)C)n4c3C=O)cc21. The second-order valence-electron chi connectivity index (χ2n) is 7.38. The van der Waals surface area contributed by atoms with Crippen LogP contribution in [0.4, 0.5) is 5.69 Å². The maximum absolute atomic E-state index is 11.9. The number of thiazole rings is 1. The molecule has 0 unspecified atom stereocenters. The average molecular weight is 369 g/mol. The van der Waals surface area contributed by atoms with Crippen molar-refractivity contribution in [1.82, 2.24) is 9.38 Å². The second-order valence-corrected chi connectivity index (χ2v) is 8.21. The Labute approximate surface area is 155 Å². The topological polar surface area (TPSA) is 63.9 Å². The molecule has 1 aliphatic heterocycles. The molecule has 1 aromatic carbocycles. The number of rotatable bonds is 2. The third kappa shape index (κ3) is 2.42. The molecule has 0 bridgehead atoms. The molecule has 3 aromatic rings. The average Bonchev–Trinajstić information content (AvgIpc) is 3.16. The predicted molar refractivity (Wildman–Crippen MR) is 101 cm³/mol. The number of fused-ring (bicyclic) bond motifs is 2. The number of imidazole rings is 1. The highest BCUT2D eigenvalue weighted by Crippen LogP contribution is 2.37. The summed E-state index contributed by atoms with van der Waals surface area (Å²) in [6, 6.07) is 5.54. The Morgan fingerprint density at radius 1 is 1.31 bits per heavy atom. The first-order chi connectivity index (χ1) is 12.3. The van der Waals surface area contributed by atoms with Gasteiger partial charge in [-0.3, -0.25) is 14.0 Å². The number of carbonyl (C=O) groups is 2. The van der Waals surface area contributed by atoms with E-state index in [1.165, 1.54) is 11.3 Å². The zero-order chi connectivity index (χ0) is 18.6. The number of aromatic nitrogens is 2. The lowest BCUT2D eigenvalue weighted by molar-refractivity contribution is -0.120. The third-order valence-corrected chi connectivity index (χ3v) is 5.42. The Morgan fingerprint density at radius 2 is 2.08 bits per heavy atom. The molecule has 26 heavy (non-hydrogen) atoms. The summed E-state index contributed by atoms with van der Waals surface area (Å²) < 4.78 is 7.41. The van der Waals surface area contributed by atoms with E-state index in [9.17, 15) is 9.59 Å². The predicted octanol–water partition coefficient (Wildman–Crippen LogP) is 3.53. The monoisotopic (exact) mass is 369 g/mol. The van der Waals surface area contributed by atoms with E-state index in [2.05, 4.69) is 25.8 Å². The van der Waals surface area contributed by atoms with Crippen LogP contribution < -0.4 is 9.64 Å². The first kappa shape index (κ1) is 16.8. The highest BCUT2D eigenvalue weighted by atomic mass is 32.1. The van der Waals surface area contributed by atoms with Gasteiger partial charge >= 0.3 is 0 Å². The van der Waals surface area contributed by atoms with Crippen molar-refractivity contribution in [2.75, 3.05) is 18.6 Å². The highest BCUT2D eigenvalue weighted by Gasteiger charge is 2.26. The number of nitrogens with zero attached hydrogens (tertiary/aromatic N) is 3. The van der Waals surface area contributed by atoms with Crippen molar-refractivity contribution in [3.63, 3.8) is 0 Å². The molecule has 1 aliphatic rings. The molecular formula is C19H19N3O3S. The quantitative estimate of drug-likeness (QED) is 0.648. The number of aldehydes is 1. The molecule has 7 heteroatoms. The number of anilines is 1. The van der Waals surface area contributed by atoms with Gasteiger partial charge in [0.15, 0.2) is 17.9 Å². The lowest BCUT2D eigenvalue weighted by Gasteiger charge is -2.26. The van der Waals surface area contributed by atoms with Crippen LogP contribution in [0.15, 0.2) is 23.6 Å². The molecule has 2 aromatic heterocycles. The Hall–Kier alpha value is -2.67. The maximum atomic E-state index is 11.9. The summed E-state index contributed by atoms with van der Waals surface area (Å²) in [7, 11) is 1.72. The van der Waals surface area contributed by atoms with Crippen LogP contribution in [0.1, 0.15) is 37.0 Å². The fraction of sp³-hybridized carbons (Fsp3) is 0.316. The maximum Gasteiger partial charge on any atom is 0.264 e. The largest absolute Gasteiger partial charge is 0.482 e. The Morgan fingerprint density at radius 3 is 2.77 bits per heavy atom. The van der Waals surface area contributed by atoms with E-state index in [1.807, 2.05) is 28.0 Å². The van der Waals surface area contributed by atoms with Gasteiger partial charge in [-0.1, -0.05) is 20.8 Å². The van der Waals surface area contributed by atoms with E-state index in [-0.39, 0.29) is 17.9 Å². The van der Waals surface area contributed by atoms with Crippen LogP contribution >= 0.6 is 11.3 Å². The van der Waals surface area contributed by atoms with Crippen LogP contribution in [0.3, 0.4) is 0 Å². The summed E-state index contributed by atoms with van der Waals surface area (Å²) in [5.74, 6) is 0.547. The van der Waals surface area contributed by atoms with Crippen molar-refractivity contribution in [2.24, 2.45) is 0 Å². The van der Waals surface area contributed by atoms with Gasteiger partial charge in [-0.2, -0.15) is 0 Å². The summed E-state index contributed by atoms with van der Waals surface area (Å²) in [5, 5.41) is 2.05. The van der Waals surface area contributed by atoms with Gasteiger partial charge in [0.25, 0.3) is 5.91 Å². The number of carbonyl (C=O) groups excluding carboxylic acids is 2. The Kier molecular flexibility index (Phi) is 3.66. The third-order valence-electron chi connectivity index (χ3n) is 4.60. The number of amides is 1. The first-order valence-electron chi connectivity index (χ1n) is 8.30. The van der Waals surface area contributed by atoms with E-state index < -0.39 is 0 Å². The zero-order valence-corrected chi connectivity index (χ0v) is 15.9. The van der Waals surface area contributed by atoms with Crippen LogP contribution in [0, 0.1) is 0 Å². The van der Waals surface area contributed by atoms with Crippen molar-refractivity contribution in [3.05, 3.63) is 35.0 Å².